The summed E-state index contributed by atoms with van der Waals surface area (Å²) in [5.74, 6) is -1.85. The Balaban J connectivity index is 1.95. The molecule has 0 aliphatic carbocycles. The van der Waals surface area contributed by atoms with Gasteiger partial charge in [-0.2, -0.15) is 5.10 Å². The minimum absolute atomic E-state index is 0.0635. The van der Waals surface area contributed by atoms with Crippen molar-refractivity contribution in [2.24, 2.45) is 5.10 Å². The van der Waals surface area contributed by atoms with Gasteiger partial charge in [-0.25, -0.2) is 5.43 Å². The fraction of sp³-hybridized carbons (Fsp3) is 0. The highest BCUT2D eigenvalue weighted by atomic mass is 35.5. The van der Waals surface area contributed by atoms with Crippen LogP contribution < -0.4 is 10.7 Å². The fourth-order valence-corrected chi connectivity index (χ4v) is 1.95. The van der Waals surface area contributed by atoms with Gasteiger partial charge in [0.15, 0.2) is 0 Å². The molecule has 0 heterocycles. The standard InChI is InChI=1S/C15H11Cl2N3O3/c16-11-5-2-6-12(13(11)17)19-14(22)15(23)20-18-8-9-3-1-4-10(21)7-9/h1-8,21H,(H,19,22)(H,20,23)/b18-8-. The molecule has 2 aromatic carbocycles. The van der Waals surface area contributed by atoms with Crippen LogP contribution in [0.3, 0.4) is 0 Å². The van der Waals surface area contributed by atoms with Crippen molar-refractivity contribution in [3.05, 3.63) is 58.1 Å². The van der Waals surface area contributed by atoms with Crippen molar-refractivity contribution in [1.82, 2.24) is 5.43 Å². The van der Waals surface area contributed by atoms with Gasteiger partial charge in [0.2, 0.25) is 0 Å². The Kier molecular flexibility index (Phi) is 5.56. The summed E-state index contributed by atoms with van der Waals surface area (Å²) in [6, 6.07) is 10.9. The number of hydrazone groups is 1. The van der Waals surface area contributed by atoms with Crippen LogP contribution >= 0.6 is 23.2 Å². The smallest absolute Gasteiger partial charge is 0.329 e. The molecule has 0 aliphatic heterocycles. The van der Waals surface area contributed by atoms with Crippen LogP contribution in [-0.4, -0.2) is 23.1 Å². The number of phenols is 1. The second-order valence-corrected chi connectivity index (χ2v) is 5.13. The Morgan fingerprint density at radius 1 is 1.09 bits per heavy atom. The summed E-state index contributed by atoms with van der Waals surface area (Å²) in [7, 11) is 0. The first-order valence-corrected chi connectivity index (χ1v) is 7.10. The van der Waals surface area contributed by atoms with Crippen LogP contribution in [0.15, 0.2) is 47.6 Å². The van der Waals surface area contributed by atoms with Crippen molar-refractivity contribution in [2.45, 2.75) is 0 Å². The van der Waals surface area contributed by atoms with Gasteiger partial charge >= 0.3 is 11.8 Å². The molecule has 2 aromatic rings. The van der Waals surface area contributed by atoms with Crippen molar-refractivity contribution in [3.8, 4) is 5.75 Å². The third-order valence-electron chi connectivity index (χ3n) is 2.66. The molecule has 0 aliphatic rings. The zero-order valence-electron chi connectivity index (χ0n) is 11.6. The molecule has 0 spiro atoms. The number of rotatable bonds is 3. The zero-order chi connectivity index (χ0) is 16.8. The first-order valence-electron chi connectivity index (χ1n) is 6.35. The highest BCUT2D eigenvalue weighted by Crippen LogP contribution is 2.29. The third kappa shape index (κ3) is 4.70. The number of halogens is 2. The van der Waals surface area contributed by atoms with Crippen LogP contribution in [0.25, 0.3) is 0 Å². The number of nitrogens with one attached hydrogen (secondary N) is 2. The van der Waals surface area contributed by atoms with E-state index in [1.807, 2.05) is 0 Å². The van der Waals surface area contributed by atoms with E-state index in [-0.39, 0.29) is 21.5 Å². The summed E-state index contributed by atoms with van der Waals surface area (Å²) in [4.78, 5) is 23.4. The number of anilines is 1. The molecule has 0 aromatic heterocycles. The van der Waals surface area contributed by atoms with Crippen LogP contribution in [0.1, 0.15) is 5.56 Å². The summed E-state index contributed by atoms with van der Waals surface area (Å²) in [6.45, 7) is 0. The molecule has 0 radical (unpaired) electrons. The van der Waals surface area contributed by atoms with Crippen molar-refractivity contribution in [3.63, 3.8) is 0 Å². The van der Waals surface area contributed by atoms with Gasteiger partial charge in [0, 0.05) is 0 Å². The Labute approximate surface area is 141 Å². The van der Waals surface area contributed by atoms with Crippen LogP contribution in [0.4, 0.5) is 5.69 Å². The van der Waals surface area contributed by atoms with E-state index in [1.54, 1.807) is 24.3 Å². The molecule has 23 heavy (non-hydrogen) atoms. The van der Waals surface area contributed by atoms with Crippen LogP contribution in [0.2, 0.25) is 10.0 Å². The first-order chi connectivity index (χ1) is 11.0. The molecule has 0 saturated heterocycles. The van der Waals surface area contributed by atoms with Gasteiger partial charge in [-0.15, -0.1) is 0 Å². The molecule has 0 bridgehead atoms. The number of benzene rings is 2. The molecule has 0 unspecified atom stereocenters. The van der Waals surface area contributed by atoms with E-state index >= 15 is 0 Å². The second-order valence-electron chi connectivity index (χ2n) is 4.35. The van der Waals surface area contributed by atoms with Crippen molar-refractivity contribution >= 4 is 46.9 Å². The summed E-state index contributed by atoms with van der Waals surface area (Å²) in [5.41, 5.74) is 2.84. The monoisotopic (exact) mass is 351 g/mol. The molecule has 2 rings (SSSR count). The summed E-state index contributed by atoms with van der Waals surface area (Å²) in [5, 5.41) is 15.6. The van der Waals surface area contributed by atoms with Gasteiger partial charge in [-0.1, -0.05) is 41.4 Å². The van der Waals surface area contributed by atoms with Crippen LogP contribution in [-0.2, 0) is 9.59 Å². The Morgan fingerprint density at radius 3 is 2.57 bits per heavy atom. The topological polar surface area (TPSA) is 90.8 Å². The molecule has 8 heteroatoms. The molecule has 0 atom stereocenters. The SMILES string of the molecule is O=C(N/N=C\c1cccc(O)c1)C(=O)Nc1cccc(Cl)c1Cl. The average molecular weight is 352 g/mol. The molecule has 0 saturated carbocycles. The van der Waals surface area contributed by atoms with Crippen LogP contribution in [0.5, 0.6) is 5.75 Å². The minimum atomic E-state index is -0.975. The Morgan fingerprint density at radius 2 is 1.83 bits per heavy atom. The molecule has 3 N–H and O–H groups in total. The lowest BCUT2D eigenvalue weighted by atomic mass is 10.2. The van der Waals surface area contributed by atoms with Gasteiger partial charge in [-0.05, 0) is 29.8 Å². The van der Waals surface area contributed by atoms with Crippen molar-refractivity contribution in [2.75, 3.05) is 5.32 Å². The number of amides is 2. The first kappa shape index (κ1) is 16.8. The zero-order valence-corrected chi connectivity index (χ0v) is 13.1. The minimum Gasteiger partial charge on any atom is -0.508 e. The largest absolute Gasteiger partial charge is 0.508 e. The number of nitrogens with zero attached hydrogens (tertiary/aromatic N) is 1. The van der Waals surface area contributed by atoms with E-state index < -0.39 is 11.8 Å². The van der Waals surface area contributed by atoms with E-state index in [2.05, 4.69) is 15.8 Å². The quantitative estimate of drug-likeness (QED) is 0.451. The predicted octanol–water partition coefficient (Wildman–Crippen LogP) is 2.79. The number of hydrogen-bond donors (Lipinski definition) is 3. The van der Waals surface area contributed by atoms with Crippen molar-refractivity contribution < 1.29 is 14.7 Å². The predicted molar refractivity (Wildman–Crippen MR) is 88.9 cm³/mol. The molecule has 0 fully saturated rings. The van der Waals surface area contributed by atoms with E-state index in [1.165, 1.54) is 24.4 Å². The van der Waals surface area contributed by atoms with E-state index in [0.29, 0.717) is 5.56 Å². The molecule has 2 amide bonds. The van der Waals surface area contributed by atoms with Gasteiger partial charge in [0.05, 0.1) is 21.9 Å². The molecule has 118 valence electrons. The second kappa shape index (κ2) is 7.62. The van der Waals surface area contributed by atoms with Gasteiger partial charge in [0.25, 0.3) is 0 Å². The third-order valence-corrected chi connectivity index (χ3v) is 3.47. The average Bonchev–Trinajstić information content (AvgIpc) is 2.51. The van der Waals surface area contributed by atoms with Crippen LogP contribution in [0, 0.1) is 0 Å². The van der Waals surface area contributed by atoms with E-state index in [4.69, 9.17) is 23.2 Å². The lowest BCUT2D eigenvalue weighted by molar-refractivity contribution is -0.136. The maximum absolute atomic E-state index is 11.7. The lowest BCUT2D eigenvalue weighted by Gasteiger charge is -2.06. The maximum atomic E-state index is 11.7. The number of phenolic OH excluding ortho intramolecular Hbond substituents is 1. The van der Waals surface area contributed by atoms with Gasteiger partial charge in [-0.3, -0.25) is 9.59 Å². The van der Waals surface area contributed by atoms with Crippen molar-refractivity contribution in [1.29, 1.82) is 0 Å². The number of aromatic hydroxyl groups is 1. The number of hydrogen-bond acceptors (Lipinski definition) is 4. The highest BCUT2D eigenvalue weighted by molar-refractivity contribution is 6.45. The van der Waals surface area contributed by atoms with Gasteiger partial charge in [0.1, 0.15) is 5.75 Å². The number of carbonyl (C=O) groups excluding carboxylic acids is 2. The summed E-state index contributed by atoms with van der Waals surface area (Å²) < 4.78 is 0. The maximum Gasteiger partial charge on any atom is 0.329 e. The summed E-state index contributed by atoms with van der Waals surface area (Å²) >= 11 is 11.7. The molecular formula is C15H11Cl2N3O3. The highest BCUT2D eigenvalue weighted by Gasteiger charge is 2.15. The number of carbonyl (C=O) groups is 2. The summed E-state index contributed by atoms with van der Waals surface area (Å²) in [6.07, 6.45) is 1.29. The van der Waals surface area contributed by atoms with E-state index in [0.717, 1.165) is 0 Å². The molecular weight excluding hydrogens is 341 g/mol. The fourth-order valence-electron chi connectivity index (χ4n) is 1.60. The Bertz CT molecular complexity index is 778. The Hall–Kier alpha value is -2.57. The lowest BCUT2D eigenvalue weighted by Crippen LogP contribution is -2.32. The molecule has 6 nitrogen and oxygen atoms in total. The normalized spacial score (nSPS) is 10.5. The van der Waals surface area contributed by atoms with Gasteiger partial charge < -0.3 is 10.4 Å². The van der Waals surface area contributed by atoms with E-state index in [9.17, 15) is 14.7 Å².